The molecule has 1 atom stereocenters. The van der Waals surface area contributed by atoms with Gasteiger partial charge in [-0.25, -0.2) is 0 Å². The van der Waals surface area contributed by atoms with Gasteiger partial charge in [0.15, 0.2) is 0 Å². The zero-order valence-corrected chi connectivity index (χ0v) is 18.7. The lowest BCUT2D eigenvalue weighted by Gasteiger charge is -2.34. The summed E-state index contributed by atoms with van der Waals surface area (Å²) in [5, 5.41) is 5.38. The summed E-state index contributed by atoms with van der Waals surface area (Å²) in [5.41, 5.74) is 2.11. The molecule has 1 amide bonds. The summed E-state index contributed by atoms with van der Waals surface area (Å²) in [6.45, 7) is 5.24. The second-order valence-electron chi connectivity index (χ2n) is 7.82. The molecule has 0 spiro atoms. The number of carbonyl (C=O) groups is 1. The topological polar surface area (TPSA) is 44.8 Å². The molecule has 2 heterocycles. The minimum Gasteiger partial charge on any atom is -0.497 e. The van der Waals surface area contributed by atoms with Gasteiger partial charge in [0, 0.05) is 37.6 Å². The Morgan fingerprint density at radius 1 is 0.935 bits per heavy atom. The van der Waals surface area contributed by atoms with Gasteiger partial charge in [0.05, 0.1) is 19.7 Å². The van der Waals surface area contributed by atoms with E-state index in [1.807, 2.05) is 42.5 Å². The number of methoxy groups -OCH3 is 1. The van der Waals surface area contributed by atoms with Gasteiger partial charge in [0.1, 0.15) is 5.75 Å². The molecular formula is C25H29N3O2S. The molecule has 0 unspecified atom stereocenters. The maximum atomic E-state index is 12.9. The summed E-state index contributed by atoms with van der Waals surface area (Å²) in [4.78, 5) is 19.0. The molecular weight excluding hydrogens is 406 g/mol. The lowest BCUT2D eigenvalue weighted by Crippen LogP contribution is -2.49. The molecule has 5 nitrogen and oxygen atoms in total. The number of rotatable bonds is 8. The van der Waals surface area contributed by atoms with Gasteiger partial charge in [-0.05, 0) is 34.7 Å². The van der Waals surface area contributed by atoms with Crippen LogP contribution in [0.1, 0.15) is 22.0 Å². The van der Waals surface area contributed by atoms with E-state index in [1.54, 1.807) is 18.4 Å². The zero-order chi connectivity index (χ0) is 21.5. The molecule has 0 aliphatic carbocycles. The van der Waals surface area contributed by atoms with Crippen molar-refractivity contribution in [2.45, 2.75) is 12.6 Å². The van der Waals surface area contributed by atoms with Gasteiger partial charge in [-0.15, -0.1) is 11.3 Å². The van der Waals surface area contributed by atoms with Gasteiger partial charge < -0.3 is 10.1 Å². The molecule has 1 saturated heterocycles. The third-order valence-corrected chi connectivity index (χ3v) is 6.54. The molecule has 1 fully saturated rings. The predicted molar refractivity (Wildman–Crippen MR) is 125 cm³/mol. The molecule has 1 aliphatic heterocycles. The van der Waals surface area contributed by atoms with E-state index in [-0.39, 0.29) is 11.9 Å². The monoisotopic (exact) mass is 435 g/mol. The Bertz CT molecular complexity index is 937. The number of nitrogens with one attached hydrogen (secondary N) is 1. The fraction of sp³-hybridized carbons (Fsp3) is 0.320. The van der Waals surface area contributed by atoms with Crippen LogP contribution in [0, 0.1) is 0 Å². The van der Waals surface area contributed by atoms with Gasteiger partial charge in [-0.1, -0.05) is 48.5 Å². The highest BCUT2D eigenvalue weighted by Gasteiger charge is 2.22. The first-order chi connectivity index (χ1) is 15.2. The van der Waals surface area contributed by atoms with Crippen molar-refractivity contribution in [1.29, 1.82) is 0 Å². The Kier molecular flexibility index (Phi) is 7.35. The van der Waals surface area contributed by atoms with Crippen molar-refractivity contribution in [3.8, 4) is 5.75 Å². The number of nitrogens with zero attached hydrogens (tertiary/aromatic N) is 2. The van der Waals surface area contributed by atoms with Crippen LogP contribution >= 0.6 is 11.3 Å². The van der Waals surface area contributed by atoms with Crippen molar-refractivity contribution < 1.29 is 9.53 Å². The van der Waals surface area contributed by atoms with Crippen LogP contribution in [-0.4, -0.2) is 55.5 Å². The maximum absolute atomic E-state index is 12.9. The quantitative estimate of drug-likeness (QED) is 0.585. The van der Waals surface area contributed by atoms with Crippen LogP contribution < -0.4 is 10.1 Å². The molecule has 0 radical (unpaired) electrons. The number of amides is 1. The van der Waals surface area contributed by atoms with Crippen LogP contribution in [0.5, 0.6) is 5.75 Å². The van der Waals surface area contributed by atoms with E-state index in [1.165, 1.54) is 4.88 Å². The van der Waals surface area contributed by atoms with E-state index in [0.29, 0.717) is 6.54 Å². The summed E-state index contributed by atoms with van der Waals surface area (Å²) < 4.78 is 5.28. The van der Waals surface area contributed by atoms with Gasteiger partial charge in [0.25, 0.3) is 0 Å². The van der Waals surface area contributed by atoms with E-state index in [0.717, 1.165) is 49.6 Å². The summed E-state index contributed by atoms with van der Waals surface area (Å²) in [6, 6.07) is 22.1. The molecule has 3 aromatic rings. The summed E-state index contributed by atoms with van der Waals surface area (Å²) >= 11 is 1.81. The molecule has 4 rings (SSSR count). The number of thiophene rings is 1. The maximum Gasteiger partial charge on any atom is 0.234 e. The zero-order valence-electron chi connectivity index (χ0n) is 17.9. The Morgan fingerprint density at radius 2 is 1.61 bits per heavy atom. The number of ether oxygens (including phenoxy) is 1. The SMILES string of the molecule is COc1ccc([C@H](NC(=O)CN2CCN(Cc3cccs3)CC2)c2ccccc2)cc1. The molecule has 0 bridgehead atoms. The van der Waals surface area contributed by atoms with Crippen LogP contribution in [-0.2, 0) is 11.3 Å². The van der Waals surface area contributed by atoms with Crippen LogP contribution in [0.4, 0.5) is 0 Å². The van der Waals surface area contributed by atoms with Gasteiger partial charge in [0.2, 0.25) is 5.91 Å². The molecule has 0 saturated carbocycles. The number of hydrogen-bond donors (Lipinski definition) is 1. The Hall–Kier alpha value is -2.67. The van der Waals surface area contributed by atoms with Gasteiger partial charge in [-0.2, -0.15) is 0 Å². The Morgan fingerprint density at radius 3 is 2.26 bits per heavy atom. The number of benzene rings is 2. The summed E-state index contributed by atoms with van der Waals surface area (Å²) in [5.74, 6) is 0.860. The van der Waals surface area contributed by atoms with Crippen LogP contribution in [0.3, 0.4) is 0 Å². The highest BCUT2D eigenvalue weighted by Crippen LogP contribution is 2.24. The van der Waals surface area contributed by atoms with E-state index < -0.39 is 0 Å². The number of hydrogen-bond acceptors (Lipinski definition) is 5. The van der Waals surface area contributed by atoms with E-state index in [4.69, 9.17) is 4.74 Å². The first-order valence-corrected chi connectivity index (χ1v) is 11.5. The van der Waals surface area contributed by atoms with Gasteiger partial charge in [-0.3, -0.25) is 14.6 Å². The van der Waals surface area contributed by atoms with Crippen LogP contribution in [0.15, 0.2) is 72.1 Å². The second kappa shape index (κ2) is 10.6. The standard InChI is InChI=1S/C25H29N3O2S/c1-30-22-11-9-21(10-12-22)25(20-6-3-2-4-7-20)26-24(29)19-28-15-13-27(14-16-28)18-23-8-5-17-31-23/h2-12,17,25H,13-16,18-19H2,1H3,(H,26,29)/t25-/m1/s1. The van der Waals surface area contributed by atoms with Crippen molar-refractivity contribution >= 4 is 17.2 Å². The molecule has 1 aliphatic rings. The first kappa shape index (κ1) is 21.6. The van der Waals surface area contributed by atoms with E-state index in [2.05, 4.69) is 44.8 Å². The highest BCUT2D eigenvalue weighted by atomic mass is 32.1. The summed E-state index contributed by atoms with van der Waals surface area (Å²) in [7, 11) is 1.66. The third-order valence-electron chi connectivity index (χ3n) is 5.68. The number of piperazine rings is 1. The number of carbonyl (C=O) groups excluding carboxylic acids is 1. The van der Waals surface area contributed by atoms with E-state index in [9.17, 15) is 4.79 Å². The smallest absolute Gasteiger partial charge is 0.234 e. The average molecular weight is 436 g/mol. The molecule has 1 N–H and O–H groups in total. The minimum absolute atomic E-state index is 0.0522. The fourth-order valence-corrected chi connectivity index (χ4v) is 4.69. The van der Waals surface area contributed by atoms with Crippen molar-refractivity contribution in [1.82, 2.24) is 15.1 Å². The molecule has 162 valence electrons. The predicted octanol–water partition coefficient (Wildman–Crippen LogP) is 3.78. The molecule has 31 heavy (non-hydrogen) atoms. The molecule has 1 aromatic heterocycles. The third kappa shape index (κ3) is 5.94. The van der Waals surface area contributed by atoms with Crippen molar-refractivity contribution in [3.05, 3.63) is 88.1 Å². The van der Waals surface area contributed by atoms with E-state index >= 15 is 0 Å². The molecule has 6 heteroatoms. The Labute approximate surface area is 188 Å². The normalized spacial score (nSPS) is 16.0. The average Bonchev–Trinajstić information content (AvgIpc) is 3.33. The lowest BCUT2D eigenvalue weighted by molar-refractivity contribution is -0.123. The second-order valence-corrected chi connectivity index (χ2v) is 8.85. The highest BCUT2D eigenvalue weighted by molar-refractivity contribution is 7.09. The lowest BCUT2D eigenvalue weighted by atomic mass is 9.98. The van der Waals surface area contributed by atoms with Crippen LogP contribution in [0.25, 0.3) is 0 Å². The fourth-order valence-electron chi connectivity index (χ4n) is 3.94. The summed E-state index contributed by atoms with van der Waals surface area (Å²) in [6.07, 6.45) is 0. The van der Waals surface area contributed by atoms with Crippen molar-refractivity contribution in [2.24, 2.45) is 0 Å². The van der Waals surface area contributed by atoms with Gasteiger partial charge >= 0.3 is 0 Å². The van der Waals surface area contributed by atoms with Crippen molar-refractivity contribution in [2.75, 3.05) is 39.8 Å². The Balaban J connectivity index is 1.35. The largest absolute Gasteiger partial charge is 0.497 e. The first-order valence-electron chi connectivity index (χ1n) is 10.7. The molecule has 2 aromatic carbocycles. The van der Waals surface area contributed by atoms with Crippen molar-refractivity contribution in [3.63, 3.8) is 0 Å². The minimum atomic E-state index is -0.181. The van der Waals surface area contributed by atoms with Crippen LogP contribution in [0.2, 0.25) is 0 Å².